The van der Waals surface area contributed by atoms with Crippen molar-refractivity contribution in [3.63, 3.8) is 0 Å². The summed E-state index contributed by atoms with van der Waals surface area (Å²) in [6.07, 6.45) is 3.93. The average molecular weight is 946 g/mol. The number of carbonyl (C=O) groups excluding carboxylic acids is 1. The maximum absolute atomic E-state index is 11.5. The lowest BCUT2D eigenvalue weighted by atomic mass is 9.92. The first-order chi connectivity index (χ1) is 25.6. The third-order valence-corrected chi connectivity index (χ3v) is 9.75. The van der Waals surface area contributed by atoms with Crippen molar-refractivity contribution in [1.29, 1.82) is 0 Å². The van der Waals surface area contributed by atoms with Crippen LogP contribution in [0.15, 0.2) is 0 Å². The van der Waals surface area contributed by atoms with Crippen molar-refractivity contribution in [2.24, 2.45) is 70.1 Å². The molecule has 0 spiro atoms. The number of halogens is 1. The Morgan fingerprint density at radius 1 is 0.677 bits per heavy atom. The Kier molecular flexibility index (Phi) is 87.7. The largest absolute Gasteiger partial charge is 0.460 e. The summed E-state index contributed by atoms with van der Waals surface area (Å²) >= 11 is 0. The maximum Gasteiger partial charge on any atom is 0.306 e. The number of rotatable bonds is 14. The first-order valence-electron chi connectivity index (χ1n) is 21.6. The van der Waals surface area contributed by atoms with Gasteiger partial charge >= 0.3 is 5.97 Å². The third-order valence-electron chi connectivity index (χ3n) is 9.75. The van der Waals surface area contributed by atoms with Crippen LogP contribution in [0.5, 0.6) is 0 Å². The van der Waals surface area contributed by atoms with Gasteiger partial charge in [-0.15, -0.1) is 0 Å². The predicted molar refractivity (Wildman–Crippen MR) is 303 cm³/mol. The molecule has 4 atom stereocenters. The molecule has 1 aliphatic carbocycles. The first kappa shape index (κ1) is 101. The highest BCUT2D eigenvalue weighted by Gasteiger charge is 2.40. The van der Waals surface area contributed by atoms with Gasteiger partial charge in [-0.25, -0.2) is 17.5 Å². The number of carbonyl (C=O) groups is 1. The van der Waals surface area contributed by atoms with Crippen LogP contribution in [-0.2, 0) is 9.53 Å². The van der Waals surface area contributed by atoms with Gasteiger partial charge in [0.15, 0.2) is 0 Å². The van der Waals surface area contributed by atoms with E-state index < -0.39 is 6.67 Å². The Bertz CT molecular complexity index is 971. The van der Waals surface area contributed by atoms with E-state index in [4.69, 9.17) is 46.5 Å². The van der Waals surface area contributed by atoms with Crippen molar-refractivity contribution in [3.8, 4) is 0 Å². The van der Waals surface area contributed by atoms with Gasteiger partial charge in [0.25, 0.3) is 0 Å². The van der Waals surface area contributed by atoms with Crippen molar-refractivity contribution in [2.45, 2.75) is 271 Å². The molecule has 11 heteroatoms. The van der Waals surface area contributed by atoms with Crippen LogP contribution in [0.25, 0.3) is 9.69 Å². The fourth-order valence-electron chi connectivity index (χ4n) is 2.60. The molecule has 0 aromatic rings. The predicted octanol–water partition coefficient (Wildman–Crippen LogP) is 14.7. The highest BCUT2D eigenvalue weighted by molar-refractivity contribution is 5.69. The molecule has 65 heavy (non-hydrogen) atoms. The first-order valence-corrected chi connectivity index (χ1v) is 21.6. The van der Waals surface area contributed by atoms with E-state index in [2.05, 4.69) is 91.2 Å². The van der Waals surface area contributed by atoms with E-state index in [0.29, 0.717) is 67.1 Å². The average Bonchev–Trinajstić information content (AvgIpc) is 3.82. The summed E-state index contributed by atoms with van der Waals surface area (Å²) in [5, 5.41) is 3.27. The number of ether oxygens (including phenoxy) is 1. The van der Waals surface area contributed by atoms with Crippen molar-refractivity contribution >= 4 is 5.97 Å². The molecule has 408 valence electrons. The lowest BCUT2D eigenvalue weighted by molar-refractivity contribution is -0.155. The zero-order valence-electron chi connectivity index (χ0n) is 41.5. The van der Waals surface area contributed by atoms with E-state index in [-0.39, 0.29) is 100 Å². The maximum atomic E-state index is 11.5. The van der Waals surface area contributed by atoms with Crippen LogP contribution in [0.4, 0.5) is 4.39 Å². The molecule has 1 rings (SSSR count). The van der Waals surface area contributed by atoms with Crippen molar-refractivity contribution < 1.29 is 13.9 Å². The Hall–Kier alpha value is -1.86. The molecule has 0 aromatic heterocycles. The number of hydrogen-bond acceptors (Lipinski definition) is 8. The molecule has 1 fully saturated rings. The monoisotopic (exact) mass is 945 g/mol. The second-order valence-corrected chi connectivity index (χ2v) is 19.7. The van der Waals surface area contributed by atoms with E-state index in [1.54, 1.807) is 0 Å². The summed E-state index contributed by atoms with van der Waals surface area (Å²) in [7, 11) is 0. The SMILES string of the molecule is C.C.C.C.C.C.C.C.CC(C)C(C)(C)N.CC(C)C1(N)CC1.CC(C)CCC(=O)OC(C)(C)C.CC(C)[C@@H](N)CF.CC(C)[C@H](C)N.[C-]#[N+]CC(N)C(C)C.[C-]#[N+]CCN[C@@H](C)C(C)C. The van der Waals surface area contributed by atoms with Gasteiger partial charge in [0.05, 0.1) is 12.6 Å². The van der Waals surface area contributed by atoms with Crippen LogP contribution in [0.3, 0.4) is 0 Å². The lowest BCUT2D eigenvalue weighted by Crippen LogP contribution is -2.37. The summed E-state index contributed by atoms with van der Waals surface area (Å²) < 4.78 is 16.7. The third kappa shape index (κ3) is 85.9. The van der Waals surface area contributed by atoms with Gasteiger partial charge in [-0.1, -0.05) is 156 Å². The molecule has 0 saturated heterocycles. The summed E-state index contributed by atoms with van der Waals surface area (Å²) in [4.78, 5) is 17.6. The van der Waals surface area contributed by atoms with Crippen LogP contribution in [0, 0.1) is 54.6 Å². The van der Waals surface area contributed by atoms with E-state index in [9.17, 15) is 9.18 Å². The van der Waals surface area contributed by atoms with Crippen LogP contribution >= 0.6 is 0 Å². The Labute approximate surface area is 414 Å². The zero-order valence-corrected chi connectivity index (χ0v) is 41.5. The topological polar surface area (TPSA) is 177 Å². The van der Waals surface area contributed by atoms with Gasteiger partial charge in [-0.05, 0) is 109 Å². The van der Waals surface area contributed by atoms with Crippen LogP contribution in [0.2, 0.25) is 0 Å². The minimum absolute atomic E-state index is 0. The Balaban J connectivity index is -0.0000000385. The van der Waals surface area contributed by atoms with Gasteiger partial charge < -0.3 is 48.4 Å². The Morgan fingerprint density at radius 2 is 1.03 bits per heavy atom. The molecule has 1 saturated carbocycles. The molecule has 1 aliphatic rings. The number of hydrogen-bond donors (Lipinski definition) is 6. The summed E-state index contributed by atoms with van der Waals surface area (Å²) in [5.74, 6) is 3.73. The van der Waals surface area contributed by atoms with Gasteiger partial charge in [-0.3, -0.25) is 4.79 Å². The minimum atomic E-state index is -0.405. The summed E-state index contributed by atoms with van der Waals surface area (Å²) in [5.41, 5.74) is 27.6. The van der Waals surface area contributed by atoms with Gasteiger partial charge in [0.2, 0.25) is 13.1 Å². The molecule has 0 heterocycles. The molecule has 10 nitrogen and oxygen atoms in total. The van der Waals surface area contributed by atoms with Crippen molar-refractivity contribution in [3.05, 3.63) is 22.8 Å². The molecule has 0 amide bonds. The molecular weight excluding hydrogens is 812 g/mol. The van der Waals surface area contributed by atoms with Gasteiger partial charge in [-0.2, -0.15) is 0 Å². The van der Waals surface area contributed by atoms with Crippen LogP contribution in [-0.4, -0.2) is 73.1 Å². The summed E-state index contributed by atoms with van der Waals surface area (Å²) in [6.45, 7) is 57.7. The molecule has 0 aliphatic heterocycles. The second-order valence-electron chi connectivity index (χ2n) is 19.7. The normalized spacial score (nSPS) is 13.0. The number of nitrogens with two attached hydrogens (primary N) is 5. The zero-order chi connectivity index (χ0) is 46.9. The number of nitrogens with one attached hydrogen (secondary N) is 1. The molecule has 11 N–H and O–H groups in total. The fourth-order valence-corrected chi connectivity index (χ4v) is 2.60. The van der Waals surface area contributed by atoms with Gasteiger partial charge in [0.1, 0.15) is 12.3 Å². The highest BCUT2D eigenvalue weighted by Crippen LogP contribution is 2.38. The number of nitrogens with zero attached hydrogens (tertiary/aromatic N) is 2. The molecular formula is C54H133FN8O2. The minimum Gasteiger partial charge on any atom is -0.460 e. The molecule has 0 aromatic carbocycles. The van der Waals surface area contributed by atoms with Gasteiger partial charge in [0, 0.05) is 35.6 Å². The molecule has 0 bridgehead atoms. The van der Waals surface area contributed by atoms with Crippen LogP contribution in [0.1, 0.15) is 230 Å². The van der Waals surface area contributed by atoms with E-state index in [0.717, 1.165) is 13.0 Å². The second kappa shape index (κ2) is 56.5. The van der Waals surface area contributed by atoms with E-state index >= 15 is 0 Å². The molecule has 0 radical (unpaired) electrons. The quantitative estimate of drug-likeness (QED) is 0.0566. The fraction of sp³-hybridized carbons (Fsp3) is 0.944. The van der Waals surface area contributed by atoms with Crippen molar-refractivity contribution in [1.82, 2.24) is 5.32 Å². The standard InChI is InChI=1S/C10H20O2.C8H16N2.C6H12N2.C6H13N.C6H15N.C5H12FN.C5H13N.8CH4/c1-8(2)6-7-9(11)12-10(3,4)5;1-7(2)8(3)10-6-5-9-4;1-5(2)6(7)4-8-3;1-5(2)6(7)3-4-6;1-5(2)6(3,4)7;1-4(2)5(7)3-6;1-4(2)5(3)6;;;;;;;;/h8H,6-7H2,1-5H3;7-8,10H,5-6H2,1-3H3;5-6H,4,7H2,1-2H3;5H,3-4,7H2,1-2H3;5H,7H2,1-4H3;4-5H,3,7H2,1-2H3;4-5H,6H2,1-3H3;8*1H4/t;8-;;;;2*5-;;;;;;;;/m.0...00......../s1. The Morgan fingerprint density at radius 3 is 1.17 bits per heavy atom. The van der Waals surface area contributed by atoms with E-state index in [1.165, 1.54) is 12.8 Å². The summed E-state index contributed by atoms with van der Waals surface area (Å²) in [6, 6.07) is 0.680. The number of alkyl halides is 1. The van der Waals surface area contributed by atoms with Crippen LogP contribution < -0.4 is 34.0 Å². The molecule has 1 unspecified atom stereocenters. The lowest BCUT2D eigenvalue weighted by Gasteiger charge is -2.22. The van der Waals surface area contributed by atoms with E-state index in [1.807, 2.05) is 69.2 Å². The number of esters is 1. The van der Waals surface area contributed by atoms with Crippen molar-refractivity contribution in [2.75, 3.05) is 26.3 Å². The smallest absolute Gasteiger partial charge is 0.306 e. The highest BCUT2D eigenvalue weighted by atomic mass is 19.1.